The fourth-order valence-corrected chi connectivity index (χ4v) is 2.91. The van der Waals surface area contributed by atoms with Crippen LogP contribution in [-0.2, 0) is 5.75 Å². The number of methoxy groups -OCH3 is 1. The zero-order valence-electron chi connectivity index (χ0n) is 11.2. The van der Waals surface area contributed by atoms with E-state index >= 15 is 0 Å². The first-order chi connectivity index (χ1) is 9.99. The first kappa shape index (κ1) is 15.5. The number of anilines is 1. The number of benzene rings is 2. The lowest BCUT2D eigenvalue weighted by Gasteiger charge is -2.07. The minimum Gasteiger partial charge on any atom is -0.496 e. The molecule has 2 N–H and O–H groups in total. The summed E-state index contributed by atoms with van der Waals surface area (Å²) < 4.78 is 5.08. The maximum absolute atomic E-state index is 10.9. The molecule has 0 atom stereocenters. The summed E-state index contributed by atoms with van der Waals surface area (Å²) in [6, 6.07) is 9.91. The second kappa shape index (κ2) is 6.69. The molecule has 21 heavy (non-hydrogen) atoms. The van der Waals surface area contributed by atoms with Crippen LogP contribution >= 0.6 is 23.4 Å². The van der Waals surface area contributed by atoms with E-state index < -0.39 is 4.92 Å². The van der Waals surface area contributed by atoms with Gasteiger partial charge in [0.25, 0.3) is 5.69 Å². The SMILES string of the molecule is COc1cc(CSc2cc(Cl)ccc2N)cc([N+](=O)[O-])c1. The number of non-ortho nitro benzene ring substituents is 1. The zero-order valence-corrected chi connectivity index (χ0v) is 12.8. The molecule has 0 unspecified atom stereocenters. The number of hydrogen-bond acceptors (Lipinski definition) is 5. The zero-order chi connectivity index (χ0) is 15.4. The predicted molar refractivity (Wildman–Crippen MR) is 85.1 cm³/mol. The molecular formula is C14H13ClN2O3S. The van der Waals surface area contributed by atoms with Gasteiger partial charge in [-0.1, -0.05) is 11.6 Å². The number of nitrogen functional groups attached to an aromatic ring is 1. The molecule has 0 aliphatic rings. The van der Waals surface area contributed by atoms with Crippen LogP contribution in [0.5, 0.6) is 5.75 Å². The Bertz CT molecular complexity index is 679. The van der Waals surface area contributed by atoms with Gasteiger partial charge in [-0.25, -0.2) is 0 Å². The van der Waals surface area contributed by atoms with Crippen LogP contribution in [0.2, 0.25) is 5.02 Å². The molecule has 0 radical (unpaired) electrons. The third-order valence-electron chi connectivity index (χ3n) is 2.77. The van der Waals surface area contributed by atoms with Gasteiger partial charge < -0.3 is 10.5 Å². The van der Waals surface area contributed by atoms with Crippen molar-refractivity contribution < 1.29 is 9.66 Å². The highest BCUT2D eigenvalue weighted by atomic mass is 35.5. The Morgan fingerprint density at radius 3 is 2.76 bits per heavy atom. The summed E-state index contributed by atoms with van der Waals surface area (Å²) in [4.78, 5) is 11.3. The fourth-order valence-electron chi connectivity index (χ4n) is 1.74. The Morgan fingerprint density at radius 1 is 1.33 bits per heavy atom. The van der Waals surface area contributed by atoms with Crippen LogP contribution in [0, 0.1) is 10.1 Å². The van der Waals surface area contributed by atoms with E-state index in [0.717, 1.165) is 10.5 Å². The Labute approximate surface area is 131 Å². The highest BCUT2D eigenvalue weighted by Crippen LogP contribution is 2.32. The molecule has 0 amide bonds. The minimum atomic E-state index is -0.440. The van der Waals surface area contributed by atoms with Gasteiger partial charge in [0.15, 0.2) is 0 Å². The van der Waals surface area contributed by atoms with Gasteiger partial charge in [0.1, 0.15) is 5.75 Å². The van der Waals surface area contributed by atoms with Crippen LogP contribution in [0.4, 0.5) is 11.4 Å². The standard InChI is InChI=1S/C14H13ClN2O3S/c1-20-12-5-9(4-11(7-12)17(18)19)8-21-14-6-10(15)2-3-13(14)16/h2-7H,8,16H2,1H3. The molecule has 2 aromatic carbocycles. The average Bonchev–Trinajstić information content (AvgIpc) is 2.47. The Kier molecular flexibility index (Phi) is 4.93. The minimum absolute atomic E-state index is 0.00372. The first-order valence-electron chi connectivity index (χ1n) is 6.00. The van der Waals surface area contributed by atoms with E-state index in [0.29, 0.717) is 22.2 Å². The van der Waals surface area contributed by atoms with Crippen molar-refractivity contribution in [1.29, 1.82) is 0 Å². The Morgan fingerprint density at radius 2 is 2.10 bits per heavy atom. The van der Waals surface area contributed by atoms with E-state index in [9.17, 15) is 10.1 Å². The van der Waals surface area contributed by atoms with Crippen LogP contribution in [0.25, 0.3) is 0 Å². The maximum Gasteiger partial charge on any atom is 0.273 e. The van der Waals surface area contributed by atoms with E-state index in [1.54, 1.807) is 24.3 Å². The van der Waals surface area contributed by atoms with Gasteiger partial charge in [0.2, 0.25) is 0 Å². The Hall–Kier alpha value is -1.92. The summed E-state index contributed by atoms with van der Waals surface area (Å²) >= 11 is 7.40. The average molecular weight is 325 g/mol. The third kappa shape index (κ3) is 4.03. The van der Waals surface area contributed by atoms with Gasteiger partial charge in [0, 0.05) is 27.4 Å². The molecule has 110 valence electrons. The molecule has 0 saturated heterocycles. The largest absolute Gasteiger partial charge is 0.496 e. The van der Waals surface area contributed by atoms with Gasteiger partial charge in [-0.2, -0.15) is 0 Å². The summed E-state index contributed by atoms with van der Waals surface area (Å²) in [7, 11) is 1.48. The fraction of sp³-hybridized carbons (Fsp3) is 0.143. The van der Waals surface area contributed by atoms with Crippen LogP contribution in [0.1, 0.15) is 5.56 Å². The van der Waals surface area contributed by atoms with Crippen molar-refractivity contribution in [2.75, 3.05) is 12.8 Å². The second-order valence-electron chi connectivity index (χ2n) is 4.27. The van der Waals surface area contributed by atoms with E-state index in [-0.39, 0.29) is 5.69 Å². The molecule has 0 aromatic heterocycles. The van der Waals surface area contributed by atoms with Crippen molar-refractivity contribution >= 4 is 34.7 Å². The first-order valence-corrected chi connectivity index (χ1v) is 7.36. The molecule has 0 saturated carbocycles. The van der Waals surface area contributed by atoms with Gasteiger partial charge in [-0.15, -0.1) is 11.8 Å². The monoisotopic (exact) mass is 324 g/mol. The van der Waals surface area contributed by atoms with Crippen molar-refractivity contribution in [1.82, 2.24) is 0 Å². The molecule has 5 nitrogen and oxygen atoms in total. The Balaban J connectivity index is 2.21. The van der Waals surface area contributed by atoms with E-state index in [1.807, 2.05) is 0 Å². The lowest BCUT2D eigenvalue weighted by atomic mass is 10.2. The topological polar surface area (TPSA) is 78.4 Å². The number of halogens is 1. The van der Waals surface area contributed by atoms with Gasteiger partial charge in [0.05, 0.1) is 18.1 Å². The normalized spacial score (nSPS) is 10.4. The van der Waals surface area contributed by atoms with E-state index in [2.05, 4.69) is 0 Å². The summed E-state index contributed by atoms with van der Waals surface area (Å²) in [5.41, 5.74) is 7.29. The number of nitrogens with two attached hydrogens (primary N) is 1. The molecule has 0 spiro atoms. The lowest BCUT2D eigenvalue weighted by Crippen LogP contribution is -1.93. The molecule has 0 bridgehead atoms. The van der Waals surface area contributed by atoms with Gasteiger partial charge in [-0.05, 0) is 29.8 Å². The smallest absolute Gasteiger partial charge is 0.273 e. The molecule has 0 aliphatic heterocycles. The molecule has 0 fully saturated rings. The number of nitro benzene ring substituents is 1. The quantitative estimate of drug-likeness (QED) is 0.387. The van der Waals surface area contributed by atoms with Crippen molar-refractivity contribution in [3.05, 3.63) is 57.1 Å². The van der Waals surface area contributed by atoms with Crippen molar-refractivity contribution in [3.8, 4) is 5.75 Å². The summed E-state index contributed by atoms with van der Waals surface area (Å²) in [6.07, 6.45) is 0. The predicted octanol–water partition coefficient (Wildman–Crippen LogP) is 4.13. The van der Waals surface area contributed by atoms with Gasteiger partial charge >= 0.3 is 0 Å². The van der Waals surface area contributed by atoms with Gasteiger partial charge in [-0.3, -0.25) is 10.1 Å². The van der Waals surface area contributed by atoms with Crippen LogP contribution in [0.3, 0.4) is 0 Å². The van der Waals surface area contributed by atoms with Crippen LogP contribution in [-0.4, -0.2) is 12.0 Å². The van der Waals surface area contributed by atoms with Crippen LogP contribution < -0.4 is 10.5 Å². The number of ether oxygens (including phenoxy) is 1. The number of rotatable bonds is 5. The van der Waals surface area contributed by atoms with Crippen molar-refractivity contribution in [3.63, 3.8) is 0 Å². The number of nitro groups is 1. The number of nitrogens with zero attached hydrogens (tertiary/aromatic N) is 1. The number of hydrogen-bond donors (Lipinski definition) is 1. The summed E-state index contributed by atoms with van der Waals surface area (Å²) in [5, 5.41) is 11.5. The van der Waals surface area contributed by atoms with Crippen molar-refractivity contribution in [2.45, 2.75) is 10.6 Å². The van der Waals surface area contributed by atoms with Crippen molar-refractivity contribution in [2.24, 2.45) is 0 Å². The van der Waals surface area contributed by atoms with E-state index in [1.165, 1.54) is 31.0 Å². The molecular weight excluding hydrogens is 312 g/mol. The molecule has 2 rings (SSSR count). The summed E-state index contributed by atoms with van der Waals surface area (Å²) in [6.45, 7) is 0. The third-order valence-corrected chi connectivity index (χ3v) is 4.14. The molecule has 2 aromatic rings. The lowest BCUT2D eigenvalue weighted by molar-refractivity contribution is -0.385. The highest BCUT2D eigenvalue weighted by Gasteiger charge is 2.11. The highest BCUT2D eigenvalue weighted by molar-refractivity contribution is 7.98. The summed E-state index contributed by atoms with van der Waals surface area (Å²) in [5.74, 6) is 0.988. The molecule has 0 heterocycles. The molecule has 7 heteroatoms. The second-order valence-corrected chi connectivity index (χ2v) is 5.72. The molecule has 0 aliphatic carbocycles. The van der Waals surface area contributed by atoms with Crippen LogP contribution in [0.15, 0.2) is 41.3 Å². The maximum atomic E-state index is 10.9. The number of thioether (sulfide) groups is 1. The van der Waals surface area contributed by atoms with E-state index in [4.69, 9.17) is 22.1 Å².